The van der Waals surface area contributed by atoms with E-state index in [9.17, 15) is 9.59 Å². The number of esters is 1. The Morgan fingerprint density at radius 3 is 2.30 bits per heavy atom. The van der Waals surface area contributed by atoms with Gasteiger partial charge in [-0.05, 0) is 0 Å². The van der Waals surface area contributed by atoms with Crippen LogP contribution in [0.4, 0.5) is 0 Å². The predicted octanol–water partition coefficient (Wildman–Crippen LogP) is -0.495. The van der Waals surface area contributed by atoms with Crippen LogP contribution in [-0.4, -0.2) is 18.5 Å². The Kier molecular flexibility index (Phi) is 7.44. The van der Waals surface area contributed by atoms with Crippen LogP contribution in [0.1, 0.15) is 0 Å². The zero-order valence-electron chi connectivity index (χ0n) is 5.05. The molecule has 0 fully saturated rings. The Morgan fingerprint density at radius 1 is 1.30 bits per heavy atom. The van der Waals surface area contributed by atoms with E-state index >= 15 is 0 Å². The van der Waals surface area contributed by atoms with Crippen LogP contribution in [0.5, 0.6) is 0 Å². The average molecular weight is 592 g/mol. The second kappa shape index (κ2) is 6.74. The summed E-state index contributed by atoms with van der Waals surface area (Å²) in [5, 5.41) is 0. The third-order valence-electron chi connectivity index (χ3n) is 0.609. The molecule has 6 heteroatoms. The monoisotopic (exact) mass is 592 g/mol. The fourth-order valence-electron chi connectivity index (χ4n) is 0.220. The predicted molar refractivity (Wildman–Crippen MR) is 21.9 cm³/mol. The minimum absolute atomic E-state index is 0.164. The zero-order chi connectivity index (χ0) is 7.98. The third-order valence-corrected chi connectivity index (χ3v) is 2.76. The molecule has 0 amide bonds. The summed E-state index contributed by atoms with van der Waals surface area (Å²) in [4.78, 5) is 20.8. The minimum atomic E-state index is -0.446. The van der Waals surface area contributed by atoms with E-state index in [-0.39, 0.29) is 42.5 Å². The summed E-state index contributed by atoms with van der Waals surface area (Å²) in [7, 11) is 0. The number of rotatable bonds is 3. The van der Waals surface area contributed by atoms with Gasteiger partial charge in [-0.2, -0.15) is 0 Å². The van der Waals surface area contributed by atoms with Crippen LogP contribution in [0.25, 0.3) is 0 Å². The van der Waals surface area contributed by atoms with Gasteiger partial charge < -0.3 is 0 Å². The van der Waals surface area contributed by atoms with Gasteiger partial charge in [0, 0.05) is 0 Å². The fourth-order valence-corrected chi connectivity index (χ4v) is 0.890. The molecule has 0 saturated heterocycles. The van der Waals surface area contributed by atoms with Crippen molar-refractivity contribution in [1.29, 1.82) is 0 Å². The number of ether oxygens (including phenoxy) is 1. The molecule has 0 heterocycles. The summed E-state index contributed by atoms with van der Waals surface area (Å²) in [5.74, 6) is -0.751. The van der Waals surface area contributed by atoms with Gasteiger partial charge in [-0.3, -0.25) is 0 Å². The summed E-state index contributed by atoms with van der Waals surface area (Å²) in [6.45, 7) is -0.219. The summed E-state index contributed by atoms with van der Waals surface area (Å²) in [6.07, 6.45) is 0. The van der Waals surface area contributed by atoms with Crippen LogP contribution < -0.4 is 0 Å². The molecule has 0 aromatic rings. The molecule has 0 aliphatic rings. The first-order chi connectivity index (χ1) is 4.70. The van der Waals surface area contributed by atoms with Crippen molar-refractivity contribution >= 4 is 11.9 Å². The van der Waals surface area contributed by atoms with Crippen molar-refractivity contribution in [3.05, 3.63) is 0 Å². The van der Waals surface area contributed by atoms with Crippen LogP contribution in [0.2, 0.25) is 3.45 Å². The molecule has 0 atom stereocenters. The van der Waals surface area contributed by atoms with Gasteiger partial charge in [0.05, 0.1) is 0 Å². The van der Waals surface area contributed by atoms with Gasteiger partial charge >= 0.3 is 97.9 Å². The average Bonchev–Trinajstić information content (AvgIpc) is 1.99. The van der Waals surface area contributed by atoms with Crippen LogP contribution in [-0.2, 0) is 16.6 Å². The fraction of sp³-hybridized carbons (Fsp3) is 0.500. The molecule has 0 aliphatic carbocycles. The molecule has 0 bridgehead atoms. The summed E-state index contributed by atoms with van der Waals surface area (Å²) < 4.78 is 9.37. The van der Waals surface area contributed by atoms with E-state index in [4.69, 9.17) is 0 Å². The molecule has 0 rings (SSSR count). The third kappa shape index (κ3) is 5.80. The first-order valence-corrected chi connectivity index (χ1v) is 7.01. The van der Waals surface area contributed by atoms with Gasteiger partial charge in [-0.15, -0.1) is 0 Å². The summed E-state index contributed by atoms with van der Waals surface area (Å²) in [6, 6.07) is 0. The van der Waals surface area contributed by atoms with Gasteiger partial charge in [-0.25, -0.2) is 0 Å². The van der Waals surface area contributed by atoms with Crippen molar-refractivity contribution in [3.63, 3.8) is 0 Å². The molecule has 0 saturated carbocycles. The first kappa shape index (κ1) is 11.0. The van der Waals surface area contributed by atoms with E-state index in [2.05, 4.69) is 6.98 Å². The van der Waals surface area contributed by atoms with Crippen molar-refractivity contribution in [2.45, 2.75) is 3.45 Å². The van der Waals surface area contributed by atoms with Crippen molar-refractivity contribution in [2.24, 2.45) is 0 Å². The Bertz CT molecular complexity index is 119. The quantitative estimate of drug-likeness (QED) is 0.416. The topological polar surface area (TPSA) is 52.6 Å². The summed E-state index contributed by atoms with van der Waals surface area (Å²) in [5.41, 5.74) is 0. The first-order valence-electron chi connectivity index (χ1n) is 2.37. The molecule has 0 aromatic carbocycles. The molecular weight excluding hydrogens is 588 g/mol. The maximum absolute atomic E-state index is 10.5. The van der Waals surface area contributed by atoms with E-state index in [1.54, 1.807) is 0 Å². The van der Waals surface area contributed by atoms with Gasteiger partial charge in [0.2, 0.25) is 0 Å². The standard InChI is InChI=1S/C4H5O4.2U/c1-3(5)8-2-4(6)7;;/h1-2H2,(H,6,7);;/q;;+1/p-1. The molecule has 4 nitrogen and oxygen atoms in total. The Labute approximate surface area is 96.6 Å². The molecule has 0 unspecified atom stereocenters. The van der Waals surface area contributed by atoms with Gasteiger partial charge in [0.25, 0.3) is 0 Å². The number of hydrogen-bond donors (Lipinski definition) is 0. The molecule has 0 radical (unpaired) electrons. The van der Waals surface area contributed by atoms with E-state index in [0.29, 0.717) is 32.9 Å². The van der Waals surface area contributed by atoms with E-state index in [1.165, 1.54) is 0 Å². The second-order valence-electron chi connectivity index (χ2n) is 1.31. The molecule has 0 aliphatic heterocycles. The Morgan fingerprint density at radius 2 is 1.90 bits per heavy atom. The van der Waals surface area contributed by atoms with Gasteiger partial charge in [0.15, 0.2) is 0 Å². The van der Waals surface area contributed by atoms with Crippen molar-refractivity contribution < 1.29 is 75.9 Å². The van der Waals surface area contributed by atoms with Gasteiger partial charge in [0.1, 0.15) is 0 Å². The maximum atomic E-state index is 10.5. The molecule has 0 spiro atoms. The Balaban J connectivity index is 3.35. The van der Waals surface area contributed by atoms with E-state index in [0.717, 1.165) is 0 Å². The molecule has 0 N–H and O–H groups in total. The van der Waals surface area contributed by atoms with Crippen molar-refractivity contribution in [1.82, 2.24) is 0 Å². The van der Waals surface area contributed by atoms with E-state index in [1.807, 2.05) is 0 Å². The molecule has 52 valence electrons. The van der Waals surface area contributed by atoms with Crippen LogP contribution in [0.15, 0.2) is 0 Å². The number of carbonyl (C=O) groups is 2. The second-order valence-corrected chi connectivity index (χ2v) is 3.63. The normalized spacial score (nSPS) is 8.80. The zero-order valence-corrected chi connectivity index (χ0v) is 13.4. The van der Waals surface area contributed by atoms with Gasteiger partial charge in [-0.1, -0.05) is 0 Å². The molecule has 0 aromatic heterocycles. The number of hydrogen-bond acceptors (Lipinski definition) is 4. The van der Waals surface area contributed by atoms with Crippen LogP contribution >= 0.6 is 0 Å². The molecular formula is C4H4O4U2. The summed E-state index contributed by atoms with van der Waals surface area (Å²) >= 11 is 0.743. The van der Waals surface area contributed by atoms with Crippen molar-refractivity contribution in [3.8, 4) is 0 Å². The van der Waals surface area contributed by atoms with Crippen LogP contribution in [0, 0.1) is 59.3 Å². The van der Waals surface area contributed by atoms with Crippen molar-refractivity contribution in [2.75, 3.05) is 6.61 Å². The molecule has 10 heavy (non-hydrogen) atoms. The number of carbonyl (C=O) groups excluding carboxylic acids is 2. The van der Waals surface area contributed by atoms with E-state index < -0.39 is 5.97 Å². The SMILES string of the molecule is O=C(COC(=O)[CH2][U])[O][U]. The van der Waals surface area contributed by atoms with Crippen LogP contribution in [0.3, 0.4) is 0 Å². The Hall–Kier alpha value is 1.04.